The van der Waals surface area contributed by atoms with Crippen LogP contribution < -0.4 is 15.5 Å². The van der Waals surface area contributed by atoms with E-state index >= 15 is 0 Å². The molecule has 2 fully saturated rings. The van der Waals surface area contributed by atoms with Gasteiger partial charge in [0.15, 0.2) is 5.76 Å². The first-order valence-electron chi connectivity index (χ1n) is 13.0. The van der Waals surface area contributed by atoms with E-state index in [-0.39, 0.29) is 23.7 Å². The van der Waals surface area contributed by atoms with Crippen LogP contribution in [0.5, 0.6) is 0 Å². The van der Waals surface area contributed by atoms with E-state index in [4.69, 9.17) is 4.42 Å². The molecule has 38 heavy (non-hydrogen) atoms. The van der Waals surface area contributed by atoms with Crippen molar-refractivity contribution in [2.24, 2.45) is 0 Å². The van der Waals surface area contributed by atoms with Gasteiger partial charge >= 0.3 is 12.1 Å². The molecule has 1 aromatic heterocycles. The number of hydrogen-bond donors (Lipinski definition) is 3. The summed E-state index contributed by atoms with van der Waals surface area (Å²) in [4.78, 5) is 18.0. The van der Waals surface area contributed by atoms with E-state index in [2.05, 4.69) is 20.5 Å². The number of rotatable bonds is 7. The lowest BCUT2D eigenvalue weighted by molar-refractivity contribution is -0.137. The van der Waals surface area contributed by atoms with Crippen molar-refractivity contribution in [3.8, 4) is 11.3 Å². The van der Waals surface area contributed by atoms with Gasteiger partial charge in [-0.15, -0.1) is 0 Å². The van der Waals surface area contributed by atoms with Crippen molar-refractivity contribution in [2.75, 3.05) is 23.3 Å². The molecule has 0 unspecified atom stereocenters. The highest BCUT2D eigenvalue weighted by atomic mass is 19.4. The van der Waals surface area contributed by atoms with Gasteiger partial charge in [-0.1, -0.05) is 25.0 Å². The van der Waals surface area contributed by atoms with E-state index in [0.717, 1.165) is 69.4 Å². The molecule has 3 atom stereocenters. The lowest BCUT2D eigenvalue weighted by atomic mass is 9.87. The number of nitrogens with one attached hydrogen (secondary N) is 2. The topological polar surface area (TPSA) is 90.6 Å². The van der Waals surface area contributed by atoms with E-state index in [1.54, 1.807) is 36.5 Å². The maximum absolute atomic E-state index is 13.2. The minimum Gasteiger partial charge on any atom is -0.478 e. The van der Waals surface area contributed by atoms with Crippen LogP contribution in [0.4, 0.5) is 24.9 Å². The third-order valence-corrected chi connectivity index (χ3v) is 7.45. The zero-order valence-electron chi connectivity index (χ0n) is 20.9. The smallest absolute Gasteiger partial charge is 0.416 e. The molecular formula is C28H31F3N4O3. The molecular weight excluding hydrogens is 497 g/mol. The van der Waals surface area contributed by atoms with Gasteiger partial charge in [-0.2, -0.15) is 13.2 Å². The number of nitrogens with zero attached hydrogens (tertiary/aromatic N) is 2. The second-order valence-corrected chi connectivity index (χ2v) is 9.97. The Hall–Kier alpha value is -3.53. The predicted octanol–water partition coefficient (Wildman–Crippen LogP) is 6.04. The summed E-state index contributed by atoms with van der Waals surface area (Å²) in [5.41, 5.74) is 0.906. The van der Waals surface area contributed by atoms with Crippen molar-refractivity contribution in [1.29, 1.82) is 0 Å². The van der Waals surface area contributed by atoms with E-state index < -0.39 is 17.7 Å². The quantitative estimate of drug-likeness (QED) is 0.344. The number of oxazole rings is 1. The van der Waals surface area contributed by atoms with Gasteiger partial charge in [0.25, 0.3) is 6.01 Å². The lowest BCUT2D eigenvalue weighted by Crippen LogP contribution is -2.57. The van der Waals surface area contributed by atoms with Crippen LogP contribution >= 0.6 is 0 Å². The second kappa shape index (κ2) is 11.1. The van der Waals surface area contributed by atoms with Crippen LogP contribution in [0.1, 0.15) is 54.4 Å². The number of carboxylic acids is 1. The van der Waals surface area contributed by atoms with Crippen molar-refractivity contribution in [3.63, 3.8) is 0 Å². The fourth-order valence-corrected chi connectivity index (χ4v) is 5.62. The summed E-state index contributed by atoms with van der Waals surface area (Å²) in [6, 6.07) is 12.5. The SMILES string of the molecule is O=C(O)c1cccc(-c2cnc(N[C@@H]3CCCC[C@H]3N(c3ccc(C(F)(F)F)cc3)[C@H]3CCCNC3)o2)c1. The summed E-state index contributed by atoms with van der Waals surface area (Å²) in [7, 11) is 0. The normalized spacial score (nSPS) is 22.1. The Balaban J connectivity index is 1.40. The Bertz CT molecular complexity index is 1240. The number of anilines is 2. The van der Waals surface area contributed by atoms with E-state index in [9.17, 15) is 23.1 Å². The number of halogens is 3. The molecule has 10 heteroatoms. The summed E-state index contributed by atoms with van der Waals surface area (Å²) in [6.07, 6.45) is 2.96. The van der Waals surface area contributed by atoms with Gasteiger partial charge < -0.3 is 25.1 Å². The van der Waals surface area contributed by atoms with E-state index in [1.165, 1.54) is 6.07 Å². The van der Waals surface area contributed by atoms with Gasteiger partial charge in [0.05, 0.1) is 23.4 Å². The van der Waals surface area contributed by atoms with Crippen molar-refractivity contribution in [2.45, 2.75) is 62.8 Å². The second-order valence-electron chi connectivity index (χ2n) is 9.97. The molecule has 1 aliphatic carbocycles. The zero-order chi connectivity index (χ0) is 26.7. The maximum Gasteiger partial charge on any atom is 0.416 e. The van der Waals surface area contributed by atoms with Crippen LogP contribution in [0.25, 0.3) is 11.3 Å². The number of aromatic nitrogens is 1. The summed E-state index contributed by atoms with van der Waals surface area (Å²) in [6.45, 7) is 1.71. The Morgan fingerprint density at radius 2 is 1.87 bits per heavy atom. The monoisotopic (exact) mass is 528 g/mol. The van der Waals surface area contributed by atoms with Gasteiger partial charge in [0.1, 0.15) is 0 Å². The number of aromatic carboxylic acids is 1. The molecule has 0 radical (unpaired) electrons. The molecule has 1 saturated heterocycles. The number of carbonyl (C=O) groups is 1. The summed E-state index contributed by atoms with van der Waals surface area (Å²) in [5.74, 6) is -0.561. The minimum atomic E-state index is -4.38. The Morgan fingerprint density at radius 1 is 1.08 bits per heavy atom. The molecule has 3 N–H and O–H groups in total. The van der Waals surface area contributed by atoms with Gasteiger partial charge in [-0.3, -0.25) is 0 Å². The van der Waals surface area contributed by atoms with Crippen LogP contribution in [0, 0.1) is 0 Å². The first-order valence-corrected chi connectivity index (χ1v) is 13.0. The first kappa shape index (κ1) is 26.1. The molecule has 2 aromatic carbocycles. The Labute approximate surface area is 219 Å². The predicted molar refractivity (Wildman–Crippen MR) is 138 cm³/mol. The molecule has 2 heterocycles. The highest BCUT2D eigenvalue weighted by molar-refractivity contribution is 5.89. The molecule has 3 aromatic rings. The number of carboxylic acid groups (broad SMARTS) is 1. The van der Waals surface area contributed by atoms with Crippen LogP contribution in [0.2, 0.25) is 0 Å². The van der Waals surface area contributed by atoms with Crippen LogP contribution in [-0.4, -0.2) is 47.3 Å². The molecule has 1 saturated carbocycles. The third kappa shape index (κ3) is 5.80. The number of benzene rings is 2. The minimum absolute atomic E-state index is 0.0233. The largest absolute Gasteiger partial charge is 0.478 e. The number of hydrogen-bond acceptors (Lipinski definition) is 6. The molecule has 202 valence electrons. The maximum atomic E-state index is 13.2. The summed E-state index contributed by atoms with van der Waals surface area (Å²) in [5, 5.41) is 16.2. The standard InChI is InChI=1S/C28H31F3N4O3/c29-28(30,31)20-10-12-21(13-11-20)35(22-7-4-14-32-16-22)24-9-2-1-8-23(24)34-27-33-17-25(38-27)18-5-3-6-19(15-18)26(36)37/h3,5-6,10-13,15,17,22-24,32H,1-2,4,7-9,14,16H2,(H,33,34)(H,36,37)/t22-,23+,24+/m0/s1. The number of alkyl halides is 3. The first-order chi connectivity index (χ1) is 18.3. The molecule has 1 aliphatic heterocycles. The van der Waals surface area contributed by atoms with E-state index in [0.29, 0.717) is 17.3 Å². The fraction of sp³-hybridized carbons (Fsp3) is 0.429. The van der Waals surface area contributed by atoms with Crippen molar-refractivity contribution >= 4 is 17.7 Å². The van der Waals surface area contributed by atoms with Gasteiger partial charge in [-0.05, 0) is 68.6 Å². The fourth-order valence-electron chi connectivity index (χ4n) is 5.62. The number of piperidine rings is 1. The van der Waals surface area contributed by atoms with Gasteiger partial charge in [0, 0.05) is 29.9 Å². The molecule has 2 aliphatic rings. The Morgan fingerprint density at radius 3 is 2.58 bits per heavy atom. The average Bonchev–Trinajstić information content (AvgIpc) is 3.39. The summed E-state index contributed by atoms with van der Waals surface area (Å²) >= 11 is 0. The third-order valence-electron chi connectivity index (χ3n) is 7.45. The molecule has 0 spiro atoms. The van der Waals surface area contributed by atoms with Crippen LogP contribution in [0.3, 0.4) is 0 Å². The summed E-state index contributed by atoms with van der Waals surface area (Å²) < 4.78 is 45.7. The van der Waals surface area contributed by atoms with Crippen molar-refractivity contribution < 1.29 is 27.5 Å². The van der Waals surface area contributed by atoms with E-state index in [1.807, 2.05) is 0 Å². The Kier molecular flexibility index (Phi) is 7.60. The molecule has 0 amide bonds. The van der Waals surface area contributed by atoms with Crippen molar-refractivity contribution in [1.82, 2.24) is 10.3 Å². The van der Waals surface area contributed by atoms with Gasteiger partial charge in [0.2, 0.25) is 0 Å². The average molecular weight is 529 g/mol. The highest BCUT2D eigenvalue weighted by Crippen LogP contribution is 2.36. The molecule has 5 rings (SSSR count). The van der Waals surface area contributed by atoms with Crippen LogP contribution in [0.15, 0.2) is 59.1 Å². The van der Waals surface area contributed by atoms with Crippen molar-refractivity contribution in [3.05, 3.63) is 65.9 Å². The van der Waals surface area contributed by atoms with Gasteiger partial charge in [-0.25, -0.2) is 9.78 Å². The molecule has 7 nitrogen and oxygen atoms in total. The van der Waals surface area contributed by atoms with Crippen LogP contribution in [-0.2, 0) is 6.18 Å². The highest BCUT2D eigenvalue weighted by Gasteiger charge is 2.36. The lowest BCUT2D eigenvalue weighted by Gasteiger charge is -2.46. The zero-order valence-corrected chi connectivity index (χ0v) is 20.9. The molecule has 0 bridgehead atoms.